The molecule has 2 aromatic heterocycles. The topological polar surface area (TPSA) is 94.1 Å². The van der Waals surface area contributed by atoms with E-state index in [4.69, 9.17) is 9.72 Å². The van der Waals surface area contributed by atoms with Gasteiger partial charge in [0.25, 0.3) is 5.91 Å². The van der Waals surface area contributed by atoms with Crippen LogP contribution >= 0.6 is 11.3 Å². The third-order valence-electron chi connectivity index (χ3n) is 7.90. The molecule has 5 heterocycles. The Morgan fingerprint density at radius 3 is 2.33 bits per heavy atom. The van der Waals surface area contributed by atoms with Crippen molar-refractivity contribution in [3.05, 3.63) is 64.7 Å². The van der Waals surface area contributed by atoms with Crippen molar-refractivity contribution in [2.24, 2.45) is 0 Å². The molecule has 3 aromatic rings. The van der Waals surface area contributed by atoms with Crippen molar-refractivity contribution in [3.63, 3.8) is 0 Å². The quantitative estimate of drug-likeness (QED) is 0.507. The maximum Gasteiger partial charge on any atom is 0.320 e. The monoisotopic (exact) mass is 561 g/mol. The maximum absolute atomic E-state index is 13.2. The summed E-state index contributed by atoms with van der Waals surface area (Å²) < 4.78 is 5.48. The first-order valence-corrected chi connectivity index (χ1v) is 14.9. The number of rotatable bonds is 5. The fourth-order valence-electron chi connectivity index (χ4n) is 5.61. The Morgan fingerprint density at radius 2 is 1.57 bits per heavy atom. The zero-order valence-electron chi connectivity index (χ0n) is 22.6. The number of ether oxygens (including phenoxy) is 1. The zero-order chi connectivity index (χ0) is 27.3. The second-order valence-electron chi connectivity index (χ2n) is 10.3. The highest BCUT2D eigenvalue weighted by Gasteiger charge is 2.30. The second kappa shape index (κ2) is 12.2. The van der Waals surface area contributed by atoms with Gasteiger partial charge < -0.3 is 29.7 Å². The number of piperidine rings is 1. The summed E-state index contributed by atoms with van der Waals surface area (Å²) in [6.45, 7) is 7.38. The van der Waals surface area contributed by atoms with Gasteiger partial charge in [-0.3, -0.25) is 4.79 Å². The molecule has 0 radical (unpaired) electrons. The number of hydrogen-bond acceptors (Lipinski definition) is 8. The van der Waals surface area contributed by atoms with Crippen molar-refractivity contribution >= 4 is 40.5 Å². The Bertz CT molecular complexity index is 1300. The van der Waals surface area contributed by atoms with E-state index in [1.54, 1.807) is 6.20 Å². The van der Waals surface area contributed by atoms with Crippen LogP contribution < -0.4 is 15.1 Å². The van der Waals surface area contributed by atoms with Gasteiger partial charge >= 0.3 is 6.03 Å². The Kier molecular flexibility index (Phi) is 8.10. The molecule has 40 heavy (non-hydrogen) atoms. The van der Waals surface area contributed by atoms with Gasteiger partial charge in [0, 0.05) is 69.9 Å². The Labute approximate surface area is 238 Å². The van der Waals surface area contributed by atoms with Gasteiger partial charge in [0.05, 0.1) is 29.6 Å². The minimum absolute atomic E-state index is 0.122. The van der Waals surface area contributed by atoms with Gasteiger partial charge in [-0.15, -0.1) is 11.3 Å². The number of piperazine rings is 1. The molecule has 6 rings (SSSR count). The molecule has 1 N–H and O–H groups in total. The van der Waals surface area contributed by atoms with E-state index in [9.17, 15) is 9.59 Å². The molecule has 0 bridgehead atoms. The first kappa shape index (κ1) is 26.5. The summed E-state index contributed by atoms with van der Waals surface area (Å²) in [5, 5.41) is 5.89. The predicted octanol–water partition coefficient (Wildman–Crippen LogP) is 3.75. The number of pyridine rings is 1. The molecule has 3 fully saturated rings. The van der Waals surface area contributed by atoms with Gasteiger partial charge in [-0.25, -0.2) is 14.8 Å². The molecule has 0 spiro atoms. The number of para-hydroxylation sites is 2. The number of carbonyl (C=O) groups excluding carboxylic acids is 2. The second-order valence-corrected chi connectivity index (χ2v) is 11.2. The lowest BCUT2D eigenvalue weighted by Crippen LogP contribution is -2.54. The van der Waals surface area contributed by atoms with Crippen LogP contribution in [0.3, 0.4) is 0 Å². The van der Waals surface area contributed by atoms with E-state index < -0.39 is 0 Å². The summed E-state index contributed by atoms with van der Waals surface area (Å²) >= 11 is 1.54. The van der Waals surface area contributed by atoms with Crippen molar-refractivity contribution in [2.45, 2.75) is 18.8 Å². The molecule has 11 heteroatoms. The summed E-state index contributed by atoms with van der Waals surface area (Å²) in [4.78, 5) is 43.8. The first-order chi connectivity index (χ1) is 19.7. The van der Waals surface area contributed by atoms with E-state index in [0.29, 0.717) is 45.1 Å². The number of nitrogens with zero attached hydrogens (tertiary/aromatic N) is 6. The van der Waals surface area contributed by atoms with Crippen LogP contribution in [0.2, 0.25) is 0 Å². The van der Waals surface area contributed by atoms with E-state index in [1.807, 2.05) is 57.6 Å². The fourth-order valence-corrected chi connectivity index (χ4v) is 6.58. The van der Waals surface area contributed by atoms with Gasteiger partial charge in [0.15, 0.2) is 0 Å². The number of anilines is 3. The number of amides is 3. The van der Waals surface area contributed by atoms with Gasteiger partial charge in [-0.05, 0) is 37.1 Å². The van der Waals surface area contributed by atoms with Crippen LogP contribution in [-0.2, 0) is 4.74 Å². The number of carbonyl (C=O) groups is 2. The summed E-state index contributed by atoms with van der Waals surface area (Å²) in [5.41, 5.74) is 2.24. The molecule has 0 saturated carbocycles. The number of thiazole rings is 1. The van der Waals surface area contributed by atoms with E-state index in [0.717, 1.165) is 61.2 Å². The first-order valence-electron chi connectivity index (χ1n) is 14.0. The largest absolute Gasteiger partial charge is 0.378 e. The lowest BCUT2D eigenvalue weighted by Gasteiger charge is -2.39. The molecule has 1 aromatic carbocycles. The van der Waals surface area contributed by atoms with E-state index >= 15 is 0 Å². The average Bonchev–Trinajstić information content (AvgIpc) is 3.53. The lowest BCUT2D eigenvalue weighted by atomic mass is 9.98. The van der Waals surface area contributed by atoms with Crippen LogP contribution in [0.5, 0.6) is 0 Å². The number of morpholine rings is 1. The van der Waals surface area contributed by atoms with Crippen molar-refractivity contribution in [1.82, 2.24) is 19.8 Å². The predicted molar refractivity (Wildman–Crippen MR) is 157 cm³/mol. The molecule has 0 aliphatic carbocycles. The van der Waals surface area contributed by atoms with Crippen LogP contribution in [0.1, 0.15) is 34.3 Å². The number of nitrogens with one attached hydrogen (secondary N) is 1. The Hall–Kier alpha value is -3.70. The standard InChI is InChI=1S/C29H35N7O3S/c37-27(31-23-5-1-2-6-25(23)33-17-19-39-20-18-33)24-21-40-28(32-24)22-8-11-35(12-9-22)29(38)36-15-13-34(14-16-36)26-7-3-4-10-30-26/h1-7,10,21-22H,8-9,11-20H2,(H,31,37). The molecule has 0 unspecified atom stereocenters. The van der Waals surface area contributed by atoms with Crippen LogP contribution in [-0.4, -0.2) is 97.3 Å². The van der Waals surface area contributed by atoms with E-state index in [1.165, 1.54) is 11.3 Å². The van der Waals surface area contributed by atoms with Gasteiger partial charge in [0.2, 0.25) is 0 Å². The van der Waals surface area contributed by atoms with E-state index in [2.05, 4.69) is 20.1 Å². The Morgan fingerprint density at radius 1 is 0.850 bits per heavy atom. The number of hydrogen-bond donors (Lipinski definition) is 1. The van der Waals surface area contributed by atoms with Gasteiger partial charge in [-0.2, -0.15) is 0 Å². The smallest absolute Gasteiger partial charge is 0.320 e. The molecule has 3 saturated heterocycles. The molecule has 210 valence electrons. The lowest BCUT2D eigenvalue weighted by molar-refractivity contribution is 0.102. The number of urea groups is 1. The minimum atomic E-state index is -0.194. The third kappa shape index (κ3) is 5.90. The number of benzene rings is 1. The van der Waals surface area contributed by atoms with Crippen molar-refractivity contribution < 1.29 is 14.3 Å². The summed E-state index contributed by atoms with van der Waals surface area (Å²) in [6, 6.07) is 13.9. The fraction of sp³-hybridized carbons (Fsp3) is 0.448. The van der Waals surface area contributed by atoms with Gasteiger partial charge in [-0.1, -0.05) is 18.2 Å². The molecule has 3 amide bonds. The highest BCUT2D eigenvalue weighted by atomic mass is 32.1. The SMILES string of the molecule is O=C(Nc1ccccc1N1CCOCC1)c1csc(C2CCN(C(=O)N3CCN(c4ccccn4)CC3)CC2)n1. The minimum Gasteiger partial charge on any atom is -0.378 e. The van der Waals surface area contributed by atoms with Crippen LogP contribution in [0.15, 0.2) is 54.0 Å². The van der Waals surface area contributed by atoms with Crippen LogP contribution in [0.25, 0.3) is 0 Å². The normalized spacial score (nSPS) is 18.6. The molecule has 3 aliphatic heterocycles. The molecule has 10 nitrogen and oxygen atoms in total. The molecular formula is C29H35N7O3S. The van der Waals surface area contributed by atoms with Crippen molar-refractivity contribution in [3.8, 4) is 0 Å². The average molecular weight is 562 g/mol. The number of aromatic nitrogens is 2. The summed E-state index contributed by atoms with van der Waals surface area (Å²) in [7, 11) is 0. The molecule has 0 atom stereocenters. The maximum atomic E-state index is 13.2. The van der Waals surface area contributed by atoms with Gasteiger partial charge in [0.1, 0.15) is 11.5 Å². The number of likely N-dealkylation sites (tertiary alicyclic amines) is 1. The highest BCUT2D eigenvalue weighted by molar-refractivity contribution is 7.10. The highest BCUT2D eigenvalue weighted by Crippen LogP contribution is 2.32. The summed E-state index contributed by atoms with van der Waals surface area (Å²) in [5.74, 6) is 1.03. The zero-order valence-corrected chi connectivity index (χ0v) is 23.4. The third-order valence-corrected chi connectivity index (χ3v) is 8.90. The molecule has 3 aliphatic rings. The van der Waals surface area contributed by atoms with Crippen molar-refractivity contribution in [1.29, 1.82) is 0 Å². The van der Waals surface area contributed by atoms with Crippen LogP contribution in [0.4, 0.5) is 22.0 Å². The summed E-state index contributed by atoms with van der Waals surface area (Å²) in [6.07, 6.45) is 3.52. The van der Waals surface area contributed by atoms with Crippen molar-refractivity contribution in [2.75, 3.05) is 80.7 Å². The Balaban J connectivity index is 1.00. The van der Waals surface area contributed by atoms with E-state index in [-0.39, 0.29) is 17.9 Å². The van der Waals surface area contributed by atoms with Crippen LogP contribution in [0, 0.1) is 0 Å². The molecular weight excluding hydrogens is 526 g/mol.